The predicted molar refractivity (Wildman–Crippen MR) is 85.9 cm³/mol. The number of alkyl halides is 2. The van der Waals surface area contributed by atoms with Gasteiger partial charge in [0.1, 0.15) is 0 Å². The molecule has 1 fully saturated rings. The van der Waals surface area contributed by atoms with Gasteiger partial charge in [0.05, 0.1) is 19.8 Å². The standard InChI is InChI=1S/C19H18F2O4/c20-19(21)17(24-12-15-9-5-2-6-10-15)16(25-18(19)22)13-23-11-14-7-3-1-4-8-14/h1-10,16-17H,11-13H2/t16-,17+/m1/s1. The van der Waals surface area contributed by atoms with Gasteiger partial charge in [0.15, 0.2) is 12.2 Å². The van der Waals surface area contributed by atoms with E-state index in [1.165, 1.54) is 0 Å². The number of esters is 1. The minimum absolute atomic E-state index is 0.0348. The predicted octanol–water partition coefficient (Wildman–Crippen LogP) is 3.35. The molecule has 0 radical (unpaired) electrons. The molecule has 25 heavy (non-hydrogen) atoms. The third-order valence-electron chi connectivity index (χ3n) is 3.89. The minimum atomic E-state index is -3.68. The van der Waals surface area contributed by atoms with Gasteiger partial charge in [-0.05, 0) is 11.1 Å². The topological polar surface area (TPSA) is 44.8 Å². The molecule has 132 valence electrons. The molecule has 1 saturated heterocycles. The highest BCUT2D eigenvalue weighted by atomic mass is 19.3. The van der Waals surface area contributed by atoms with Crippen molar-refractivity contribution in [3.05, 3.63) is 71.8 Å². The summed E-state index contributed by atoms with van der Waals surface area (Å²) < 4.78 is 43.6. The second-order valence-electron chi connectivity index (χ2n) is 5.78. The number of hydrogen-bond donors (Lipinski definition) is 0. The quantitative estimate of drug-likeness (QED) is 0.720. The van der Waals surface area contributed by atoms with Gasteiger partial charge in [-0.25, -0.2) is 4.79 Å². The van der Waals surface area contributed by atoms with Crippen LogP contribution < -0.4 is 0 Å². The molecule has 2 aromatic rings. The first-order chi connectivity index (χ1) is 12.1. The van der Waals surface area contributed by atoms with Crippen LogP contribution in [0.25, 0.3) is 0 Å². The van der Waals surface area contributed by atoms with Gasteiger partial charge >= 0.3 is 11.9 Å². The van der Waals surface area contributed by atoms with Crippen molar-refractivity contribution in [2.45, 2.75) is 31.3 Å². The second kappa shape index (κ2) is 7.72. The van der Waals surface area contributed by atoms with E-state index in [0.717, 1.165) is 11.1 Å². The molecule has 0 aliphatic carbocycles. The maximum absolute atomic E-state index is 14.1. The molecule has 0 saturated carbocycles. The summed E-state index contributed by atoms with van der Waals surface area (Å²) in [6, 6.07) is 18.2. The van der Waals surface area contributed by atoms with E-state index in [1.807, 2.05) is 36.4 Å². The van der Waals surface area contributed by atoms with E-state index < -0.39 is 24.1 Å². The molecular weight excluding hydrogens is 330 g/mol. The van der Waals surface area contributed by atoms with Crippen molar-refractivity contribution in [2.24, 2.45) is 0 Å². The Morgan fingerprint density at radius 1 is 0.920 bits per heavy atom. The number of hydrogen-bond acceptors (Lipinski definition) is 4. The number of halogens is 2. The van der Waals surface area contributed by atoms with Gasteiger partial charge in [-0.2, -0.15) is 8.78 Å². The fourth-order valence-corrected chi connectivity index (χ4v) is 2.59. The first-order valence-electron chi connectivity index (χ1n) is 7.93. The van der Waals surface area contributed by atoms with Gasteiger partial charge in [0.2, 0.25) is 0 Å². The SMILES string of the molecule is O=C1O[C@H](COCc2ccccc2)[C@H](OCc2ccccc2)C1(F)F. The average molecular weight is 348 g/mol. The summed E-state index contributed by atoms with van der Waals surface area (Å²) in [6.07, 6.45) is -2.81. The Bertz CT molecular complexity index is 691. The first kappa shape index (κ1) is 17.5. The van der Waals surface area contributed by atoms with Gasteiger partial charge in [0.25, 0.3) is 0 Å². The number of cyclic esters (lactones) is 1. The monoisotopic (exact) mass is 348 g/mol. The zero-order valence-corrected chi connectivity index (χ0v) is 13.4. The lowest BCUT2D eigenvalue weighted by atomic mass is 10.1. The summed E-state index contributed by atoms with van der Waals surface area (Å²) in [4.78, 5) is 11.5. The summed E-state index contributed by atoms with van der Waals surface area (Å²) in [5.41, 5.74) is 1.64. The van der Waals surface area contributed by atoms with E-state index in [0.29, 0.717) is 0 Å². The molecule has 2 atom stereocenters. The van der Waals surface area contributed by atoms with Crippen LogP contribution in [0.3, 0.4) is 0 Å². The number of benzene rings is 2. The van der Waals surface area contributed by atoms with Gasteiger partial charge in [0, 0.05) is 0 Å². The molecule has 1 aliphatic rings. The Kier molecular flexibility index (Phi) is 5.40. The normalized spacial score (nSPS) is 21.9. The van der Waals surface area contributed by atoms with Crippen LogP contribution in [-0.4, -0.2) is 30.7 Å². The van der Waals surface area contributed by atoms with Crippen molar-refractivity contribution in [2.75, 3.05) is 6.61 Å². The minimum Gasteiger partial charge on any atom is -0.452 e. The highest BCUT2D eigenvalue weighted by molar-refractivity contribution is 5.81. The number of carbonyl (C=O) groups is 1. The van der Waals surface area contributed by atoms with Crippen LogP contribution in [0.15, 0.2) is 60.7 Å². The van der Waals surface area contributed by atoms with E-state index in [2.05, 4.69) is 0 Å². The Balaban J connectivity index is 1.59. The molecule has 0 amide bonds. The number of ether oxygens (including phenoxy) is 3. The smallest absolute Gasteiger partial charge is 0.380 e. The van der Waals surface area contributed by atoms with Crippen LogP contribution in [0.4, 0.5) is 8.78 Å². The van der Waals surface area contributed by atoms with Crippen LogP contribution in [-0.2, 0) is 32.2 Å². The van der Waals surface area contributed by atoms with Crippen molar-refractivity contribution >= 4 is 5.97 Å². The fourth-order valence-electron chi connectivity index (χ4n) is 2.59. The zero-order chi connectivity index (χ0) is 17.7. The molecule has 0 aromatic heterocycles. The van der Waals surface area contributed by atoms with E-state index >= 15 is 0 Å². The highest BCUT2D eigenvalue weighted by Gasteiger charge is 2.61. The maximum atomic E-state index is 14.1. The molecule has 4 nitrogen and oxygen atoms in total. The fraction of sp³-hybridized carbons (Fsp3) is 0.316. The summed E-state index contributed by atoms with van der Waals surface area (Å²) in [5.74, 6) is -5.26. The maximum Gasteiger partial charge on any atom is 0.380 e. The molecule has 1 heterocycles. The van der Waals surface area contributed by atoms with Gasteiger partial charge in [-0.15, -0.1) is 0 Å². The van der Waals surface area contributed by atoms with Crippen LogP contribution in [0.1, 0.15) is 11.1 Å². The first-order valence-corrected chi connectivity index (χ1v) is 7.93. The summed E-state index contributed by atoms with van der Waals surface area (Å²) in [6.45, 7) is 0.0501. The summed E-state index contributed by atoms with van der Waals surface area (Å²) in [5, 5.41) is 0. The van der Waals surface area contributed by atoms with Gasteiger partial charge in [-0.1, -0.05) is 60.7 Å². The second-order valence-corrected chi connectivity index (χ2v) is 5.78. The van der Waals surface area contributed by atoms with Gasteiger partial charge < -0.3 is 14.2 Å². The average Bonchev–Trinajstić information content (AvgIpc) is 2.84. The Morgan fingerprint density at radius 3 is 2.08 bits per heavy atom. The third-order valence-corrected chi connectivity index (χ3v) is 3.89. The summed E-state index contributed by atoms with van der Waals surface area (Å²) >= 11 is 0. The van der Waals surface area contributed by atoms with Crippen molar-refractivity contribution in [1.82, 2.24) is 0 Å². The van der Waals surface area contributed by atoms with Gasteiger partial charge in [-0.3, -0.25) is 0 Å². The van der Waals surface area contributed by atoms with Crippen molar-refractivity contribution in [1.29, 1.82) is 0 Å². The molecule has 0 unspecified atom stereocenters. The molecule has 1 aliphatic heterocycles. The van der Waals surface area contributed by atoms with Crippen molar-refractivity contribution in [3.63, 3.8) is 0 Å². The Labute approximate surface area is 144 Å². The van der Waals surface area contributed by atoms with Crippen LogP contribution >= 0.6 is 0 Å². The number of carbonyl (C=O) groups excluding carboxylic acids is 1. The van der Waals surface area contributed by atoms with Crippen LogP contribution in [0, 0.1) is 0 Å². The number of rotatable bonds is 7. The lowest BCUT2D eigenvalue weighted by Gasteiger charge is -2.21. The Morgan fingerprint density at radius 2 is 1.48 bits per heavy atom. The Hall–Kier alpha value is -2.31. The van der Waals surface area contributed by atoms with E-state index in [9.17, 15) is 13.6 Å². The molecular formula is C19H18F2O4. The van der Waals surface area contributed by atoms with Crippen LogP contribution in [0.2, 0.25) is 0 Å². The molecule has 0 N–H and O–H groups in total. The van der Waals surface area contributed by atoms with Crippen molar-refractivity contribution < 1.29 is 27.8 Å². The highest BCUT2D eigenvalue weighted by Crippen LogP contribution is 2.34. The van der Waals surface area contributed by atoms with Crippen molar-refractivity contribution in [3.8, 4) is 0 Å². The van der Waals surface area contributed by atoms with E-state index in [-0.39, 0.29) is 19.8 Å². The molecule has 3 rings (SSSR count). The van der Waals surface area contributed by atoms with E-state index in [1.54, 1.807) is 24.3 Å². The molecule has 0 bridgehead atoms. The molecule has 0 spiro atoms. The molecule has 2 aromatic carbocycles. The lowest BCUT2D eigenvalue weighted by molar-refractivity contribution is -0.166. The largest absolute Gasteiger partial charge is 0.452 e. The lowest BCUT2D eigenvalue weighted by Crippen LogP contribution is -2.41. The van der Waals surface area contributed by atoms with E-state index in [4.69, 9.17) is 14.2 Å². The zero-order valence-electron chi connectivity index (χ0n) is 13.4. The van der Waals surface area contributed by atoms with Crippen LogP contribution in [0.5, 0.6) is 0 Å². The summed E-state index contributed by atoms with van der Waals surface area (Å²) in [7, 11) is 0. The molecule has 6 heteroatoms. The third kappa shape index (κ3) is 4.21.